The Labute approximate surface area is 154 Å². The number of amides is 2. The van der Waals surface area contributed by atoms with E-state index in [1.165, 1.54) is 18.2 Å². The Morgan fingerprint density at radius 2 is 1.89 bits per heavy atom. The number of nitrogens with one attached hydrogen (secondary N) is 1. The predicted molar refractivity (Wildman–Crippen MR) is 94.4 cm³/mol. The number of benzene rings is 1. The number of rotatable bonds is 5. The molecule has 2 aromatic rings. The smallest absolute Gasteiger partial charge is 0.389 e. The summed E-state index contributed by atoms with van der Waals surface area (Å²) < 4.78 is 1.59. The summed E-state index contributed by atoms with van der Waals surface area (Å²) in [7, 11) is 0. The SMILES string of the molecule is O=C(O)c1ccc(CNC(=O)N2CCC(n3ccc([N+](=O)[O-])n3)CC2)cc1. The van der Waals surface area contributed by atoms with Crippen molar-refractivity contribution in [2.45, 2.75) is 25.4 Å². The molecule has 0 bridgehead atoms. The first-order chi connectivity index (χ1) is 12.9. The van der Waals surface area contributed by atoms with Crippen molar-refractivity contribution in [3.8, 4) is 0 Å². The van der Waals surface area contributed by atoms with Crippen molar-refractivity contribution in [2.24, 2.45) is 0 Å². The van der Waals surface area contributed by atoms with Gasteiger partial charge < -0.3 is 25.4 Å². The van der Waals surface area contributed by atoms with Crippen LogP contribution in [0.25, 0.3) is 0 Å². The molecule has 142 valence electrons. The Kier molecular flexibility index (Phi) is 5.34. The zero-order valence-corrected chi connectivity index (χ0v) is 14.4. The molecule has 0 aliphatic carbocycles. The quantitative estimate of drug-likeness (QED) is 0.609. The number of urea groups is 1. The number of hydrogen-bond acceptors (Lipinski definition) is 5. The first-order valence-electron chi connectivity index (χ1n) is 8.48. The van der Waals surface area contributed by atoms with Gasteiger partial charge in [-0.2, -0.15) is 4.68 Å². The van der Waals surface area contributed by atoms with Crippen LogP contribution in [0.1, 0.15) is 34.8 Å². The first-order valence-corrected chi connectivity index (χ1v) is 8.48. The number of aromatic nitrogens is 2. The molecule has 2 N–H and O–H groups in total. The van der Waals surface area contributed by atoms with E-state index in [-0.39, 0.29) is 23.5 Å². The van der Waals surface area contributed by atoms with E-state index in [9.17, 15) is 19.7 Å². The van der Waals surface area contributed by atoms with Gasteiger partial charge >= 0.3 is 17.8 Å². The van der Waals surface area contributed by atoms with Gasteiger partial charge in [0, 0.05) is 19.6 Å². The first kappa shape index (κ1) is 18.4. The second kappa shape index (κ2) is 7.85. The maximum atomic E-state index is 12.3. The van der Waals surface area contributed by atoms with Gasteiger partial charge in [0.05, 0.1) is 29.0 Å². The molecule has 1 aromatic heterocycles. The van der Waals surface area contributed by atoms with Crippen LogP contribution in [0.4, 0.5) is 10.6 Å². The summed E-state index contributed by atoms with van der Waals surface area (Å²) in [6.07, 6.45) is 2.93. The maximum Gasteiger partial charge on any atom is 0.389 e. The minimum absolute atomic E-state index is 0.0336. The summed E-state index contributed by atoms with van der Waals surface area (Å²) in [5.41, 5.74) is 1.01. The number of nitro groups is 1. The molecular formula is C17H19N5O5. The van der Waals surface area contributed by atoms with E-state index in [1.807, 2.05) is 0 Å². The molecule has 0 radical (unpaired) electrons. The summed E-state index contributed by atoms with van der Waals surface area (Å²) >= 11 is 0. The number of carbonyl (C=O) groups is 2. The topological polar surface area (TPSA) is 131 Å². The second-order valence-corrected chi connectivity index (χ2v) is 6.29. The van der Waals surface area contributed by atoms with Crippen LogP contribution >= 0.6 is 0 Å². The van der Waals surface area contributed by atoms with E-state index in [1.54, 1.807) is 27.9 Å². The third-order valence-corrected chi connectivity index (χ3v) is 4.55. The molecule has 1 fully saturated rings. The lowest BCUT2D eigenvalue weighted by molar-refractivity contribution is -0.389. The Bertz CT molecular complexity index is 840. The molecule has 1 saturated heterocycles. The molecule has 0 saturated carbocycles. The van der Waals surface area contributed by atoms with Gasteiger partial charge in [-0.25, -0.2) is 9.59 Å². The van der Waals surface area contributed by atoms with Crippen molar-refractivity contribution >= 4 is 17.8 Å². The van der Waals surface area contributed by atoms with Crippen molar-refractivity contribution in [1.82, 2.24) is 20.0 Å². The maximum absolute atomic E-state index is 12.3. The van der Waals surface area contributed by atoms with Crippen LogP contribution in [0, 0.1) is 10.1 Å². The van der Waals surface area contributed by atoms with E-state index in [2.05, 4.69) is 10.4 Å². The van der Waals surface area contributed by atoms with Crippen LogP contribution in [-0.4, -0.2) is 49.8 Å². The number of aromatic carboxylic acids is 1. The second-order valence-electron chi connectivity index (χ2n) is 6.29. The fourth-order valence-corrected chi connectivity index (χ4v) is 3.02. The molecule has 0 spiro atoms. The molecule has 0 unspecified atom stereocenters. The number of likely N-dealkylation sites (tertiary alicyclic amines) is 1. The minimum Gasteiger partial charge on any atom is -0.478 e. The third kappa shape index (κ3) is 4.40. The van der Waals surface area contributed by atoms with Crippen LogP contribution in [0.5, 0.6) is 0 Å². The van der Waals surface area contributed by atoms with Gasteiger partial charge in [0.25, 0.3) is 0 Å². The predicted octanol–water partition coefficient (Wildman–Crippen LogP) is 2.04. The Hall–Kier alpha value is -3.43. The molecular weight excluding hydrogens is 354 g/mol. The van der Waals surface area contributed by atoms with Crippen LogP contribution in [-0.2, 0) is 6.54 Å². The van der Waals surface area contributed by atoms with Crippen LogP contribution in [0.2, 0.25) is 0 Å². The zero-order chi connectivity index (χ0) is 19.4. The summed E-state index contributed by atoms with van der Waals surface area (Å²) in [5, 5.41) is 26.4. The van der Waals surface area contributed by atoms with Crippen molar-refractivity contribution < 1.29 is 19.6 Å². The highest BCUT2D eigenvalue weighted by molar-refractivity contribution is 5.87. The van der Waals surface area contributed by atoms with Gasteiger partial charge in [-0.1, -0.05) is 12.1 Å². The largest absolute Gasteiger partial charge is 0.478 e. The average Bonchev–Trinajstić information content (AvgIpc) is 3.17. The Morgan fingerprint density at radius 3 is 2.44 bits per heavy atom. The van der Waals surface area contributed by atoms with Crippen molar-refractivity contribution in [3.05, 3.63) is 57.8 Å². The van der Waals surface area contributed by atoms with Crippen molar-refractivity contribution in [1.29, 1.82) is 0 Å². The highest BCUT2D eigenvalue weighted by Gasteiger charge is 2.26. The van der Waals surface area contributed by atoms with E-state index in [0.29, 0.717) is 32.5 Å². The third-order valence-electron chi connectivity index (χ3n) is 4.55. The van der Waals surface area contributed by atoms with Gasteiger partial charge in [-0.05, 0) is 35.5 Å². The monoisotopic (exact) mass is 373 g/mol. The lowest BCUT2D eigenvalue weighted by atomic mass is 10.1. The van der Waals surface area contributed by atoms with Gasteiger partial charge in [-0.3, -0.25) is 0 Å². The lowest BCUT2D eigenvalue weighted by Crippen LogP contribution is -2.44. The van der Waals surface area contributed by atoms with Gasteiger partial charge in [0.2, 0.25) is 0 Å². The van der Waals surface area contributed by atoms with Gasteiger partial charge in [0.1, 0.15) is 0 Å². The molecule has 27 heavy (non-hydrogen) atoms. The fraction of sp³-hybridized carbons (Fsp3) is 0.353. The number of nitrogens with zero attached hydrogens (tertiary/aromatic N) is 4. The number of carbonyl (C=O) groups excluding carboxylic acids is 1. The Balaban J connectivity index is 1.48. The van der Waals surface area contributed by atoms with Crippen molar-refractivity contribution in [3.63, 3.8) is 0 Å². The van der Waals surface area contributed by atoms with E-state index < -0.39 is 10.9 Å². The Morgan fingerprint density at radius 1 is 1.22 bits per heavy atom. The van der Waals surface area contributed by atoms with Crippen LogP contribution in [0.15, 0.2) is 36.5 Å². The average molecular weight is 373 g/mol. The fourth-order valence-electron chi connectivity index (χ4n) is 3.02. The van der Waals surface area contributed by atoms with E-state index >= 15 is 0 Å². The molecule has 1 aliphatic heterocycles. The number of carboxylic acid groups (broad SMARTS) is 1. The van der Waals surface area contributed by atoms with Gasteiger partial charge in [-0.15, -0.1) is 0 Å². The molecule has 1 aliphatic rings. The summed E-state index contributed by atoms with van der Waals surface area (Å²) in [5.74, 6) is -1.17. The number of piperidine rings is 1. The van der Waals surface area contributed by atoms with Crippen LogP contribution in [0.3, 0.4) is 0 Å². The molecule has 2 heterocycles. The van der Waals surface area contributed by atoms with Crippen molar-refractivity contribution in [2.75, 3.05) is 13.1 Å². The normalized spacial score (nSPS) is 14.7. The molecule has 10 nitrogen and oxygen atoms in total. The molecule has 2 amide bonds. The molecule has 1 aromatic carbocycles. The summed E-state index contributed by atoms with van der Waals surface area (Å²) in [6.45, 7) is 1.37. The van der Waals surface area contributed by atoms with E-state index in [0.717, 1.165) is 5.56 Å². The van der Waals surface area contributed by atoms with Crippen LogP contribution < -0.4 is 5.32 Å². The lowest BCUT2D eigenvalue weighted by Gasteiger charge is -2.31. The van der Waals surface area contributed by atoms with Gasteiger partial charge in [0.15, 0.2) is 0 Å². The standard InChI is InChI=1S/C17H19N5O5/c23-16(24)13-3-1-12(2-4-13)11-18-17(25)20-8-5-14(6-9-20)21-10-7-15(19-21)22(26)27/h1-4,7,10,14H,5-6,8-9,11H2,(H,18,25)(H,23,24). The summed E-state index contributed by atoms with van der Waals surface area (Å²) in [4.78, 5) is 35.0. The zero-order valence-electron chi connectivity index (χ0n) is 14.4. The molecule has 3 rings (SSSR count). The highest BCUT2D eigenvalue weighted by atomic mass is 16.6. The summed E-state index contributed by atoms with van der Waals surface area (Å²) in [6, 6.07) is 7.54. The molecule has 0 atom stereocenters. The molecule has 10 heteroatoms. The highest BCUT2D eigenvalue weighted by Crippen LogP contribution is 2.23. The number of hydrogen-bond donors (Lipinski definition) is 2. The minimum atomic E-state index is -0.990. The van der Waals surface area contributed by atoms with E-state index in [4.69, 9.17) is 5.11 Å². The number of carboxylic acids is 1.